The van der Waals surface area contributed by atoms with Gasteiger partial charge in [-0.05, 0) is 31.0 Å². The summed E-state index contributed by atoms with van der Waals surface area (Å²) in [7, 11) is 1.66. The van der Waals surface area contributed by atoms with E-state index in [1.165, 1.54) is 4.90 Å². The number of amides is 4. The summed E-state index contributed by atoms with van der Waals surface area (Å²) in [5.41, 5.74) is 1.90. The highest BCUT2D eigenvalue weighted by atomic mass is 16.2. The smallest absolute Gasteiger partial charge is 0.250 e. The fourth-order valence-electron chi connectivity index (χ4n) is 4.14. The van der Waals surface area contributed by atoms with Gasteiger partial charge in [0.05, 0.1) is 19.1 Å². The molecule has 0 unspecified atom stereocenters. The first-order valence-electron chi connectivity index (χ1n) is 12.8. The van der Waals surface area contributed by atoms with Gasteiger partial charge in [-0.3, -0.25) is 19.2 Å². The molecule has 9 nitrogen and oxygen atoms in total. The molecule has 0 fully saturated rings. The number of hydrogen-bond donors (Lipinski definition) is 3. The summed E-state index contributed by atoms with van der Waals surface area (Å²) in [5, 5.41) is 8.22. The Balaban J connectivity index is 1.73. The number of nitrogens with one attached hydrogen (secondary N) is 3. The Bertz CT molecular complexity index is 1140. The van der Waals surface area contributed by atoms with Crippen LogP contribution in [-0.2, 0) is 32.1 Å². The number of benzene rings is 2. The number of nitrogens with zero attached hydrogens (tertiary/aromatic N) is 2. The summed E-state index contributed by atoms with van der Waals surface area (Å²) < 4.78 is 0. The lowest BCUT2D eigenvalue weighted by Gasteiger charge is -2.36. The van der Waals surface area contributed by atoms with Crippen molar-refractivity contribution in [2.75, 3.05) is 13.6 Å². The molecule has 0 aromatic heterocycles. The van der Waals surface area contributed by atoms with Crippen LogP contribution >= 0.6 is 0 Å². The van der Waals surface area contributed by atoms with Gasteiger partial charge in [0.1, 0.15) is 12.1 Å². The summed E-state index contributed by atoms with van der Waals surface area (Å²) in [6, 6.07) is 17.1. The Hall–Kier alpha value is -3.98. The topological polar surface area (TPSA) is 111 Å². The second-order valence-electron chi connectivity index (χ2n) is 9.71. The Morgan fingerprint density at radius 1 is 0.868 bits per heavy atom. The van der Waals surface area contributed by atoms with Crippen LogP contribution in [0.2, 0.25) is 0 Å². The molecule has 3 N–H and O–H groups in total. The zero-order chi connectivity index (χ0) is 27.7. The van der Waals surface area contributed by atoms with Crippen molar-refractivity contribution >= 4 is 23.6 Å². The molecule has 0 bridgehead atoms. The molecule has 0 spiro atoms. The number of rotatable bonds is 11. The predicted octanol–water partition coefficient (Wildman–Crippen LogP) is 1.80. The molecule has 9 heteroatoms. The lowest BCUT2D eigenvalue weighted by Crippen LogP contribution is -2.56. The highest BCUT2D eigenvalue weighted by Crippen LogP contribution is 2.20. The van der Waals surface area contributed by atoms with Gasteiger partial charge in [0.2, 0.25) is 23.6 Å². The first kappa shape index (κ1) is 28.6. The van der Waals surface area contributed by atoms with E-state index in [1.54, 1.807) is 31.3 Å². The molecular weight excluding hydrogens is 482 g/mol. The minimum Gasteiger partial charge on any atom is -0.345 e. The Labute approximate surface area is 224 Å². The molecule has 2 aromatic carbocycles. The predicted molar refractivity (Wildman–Crippen MR) is 145 cm³/mol. The van der Waals surface area contributed by atoms with Crippen LogP contribution < -0.4 is 16.0 Å². The number of carbonyl (C=O) groups is 4. The summed E-state index contributed by atoms with van der Waals surface area (Å²) in [6.07, 6.45) is 3.54. The van der Waals surface area contributed by atoms with Crippen LogP contribution in [0.1, 0.15) is 31.9 Å². The average molecular weight is 520 g/mol. The van der Waals surface area contributed by atoms with E-state index in [0.717, 1.165) is 11.1 Å². The van der Waals surface area contributed by atoms with Gasteiger partial charge in [-0.1, -0.05) is 74.5 Å². The number of hydrogen-bond acceptors (Lipinski definition) is 5. The van der Waals surface area contributed by atoms with Crippen LogP contribution in [0.3, 0.4) is 0 Å². The van der Waals surface area contributed by atoms with Crippen molar-refractivity contribution in [1.29, 1.82) is 0 Å². The third kappa shape index (κ3) is 7.52. The van der Waals surface area contributed by atoms with Gasteiger partial charge < -0.3 is 25.8 Å². The molecule has 202 valence electrons. The SMILES string of the molecule is CN[C@@H](C)C(=O)N[C@H](C(=O)NCC(=O)N1C=CN(Cc2ccccc2)C(=O)[C@@H]1Cc1ccccc1)C(C)C. The van der Waals surface area contributed by atoms with Crippen molar-refractivity contribution in [2.45, 2.75) is 51.9 Å². The van der Waals surface area contributed by atoms with E-state index in [-0.39, 0.29) is 24.3 Å². The van der Waals surface area contributed by atoms with E-state index in [2.05, 4.69) is 16.0 Å². The van der Waals surface area contributed by atoms with Crippen LogP contribution in [0.15, 0.2) is 73.1 Å². The second-order valence-corrected chi connectivity index (χ2v) is 9.71. The maximum absolute atomic E-state index is 13.5. The summed E-state index contributed by atoms with van der Waals surface area (Å²) in [5.74, 6) is -1.57. The van der Waals surface area contributed by atoms with Gasteiger partial charge in [0.15, 0.2) is 0 Å². The number of likely N-dealkylation sites (N-methyl/N-ethyl adjacent to an activating group) is 1. The van der Waals surface area contributed by atoms with E-state index >= 15 is 0 Å². The van der Waals surface area contributed by atoms with Gasteiger partial charge in [0.25, 0.3) is 0 Å². The normalized spacial score (nSPS) is 16.8. The minimum atomic E-state index is -0.800. The van der Waals surface area contributed by atoms with Crippen molar-refractivity contribution in [3.05, 3.63) is 84.2 Å². The summed E-state index contributed by atoms with van der Waals surface area (Å²) in [6.45, 7) is 5.42. The van der Waals surface area contributed by atoms with E-state index < -0.39 is 29.9 Å². The van der Waals surface area contributed by atoms with Crippen LogP contribution in [0.25, 0.3) is 0 Å². The van der Waals surface area contributed by atoms with Crippen molar-refractivity contribution in [3.8, 4) is 0 Å². The van der Waals surface area contributed by atoms with E-state index in [4.69, 9.17) is 0 Å². The van der Waals surface area contributed by atoms with Gasteiger partial charge in [-0.15, -0.1) is 0 Å². The van der Waals surface area contributed by atoms with Gasteiger partial charge >= 0.3 is 0 Å². The molecule has 1 aliphatic heterocycles. The molecule has 0 saturated heterocycles. The molecule has 4 amide bonds. The molecular formula is C29H37N5O4. The van der Waals surface area contributed by atoms with Gasteiger partial charge in [0, 0.05) is 18.8 Å². The maximum Gasteiger partial charge on any atom is 0.250 e. The molecule has 1 aliphatic rings. The Morgan fingerprint density at radius 3 is 2.05 bits per heavy atom. The molecule has 38 heavy (non-hydrogen) atoms. The number of carbonyl (C=O) groups excluding carboxylic acids is 4. The zero-order valence-corrected chi connectivity index (χ0v) is 22.4. The fraction of sp³-hybridized carbons (Fsp3) is 0.379. The van der Waals surface area contributed by atoms with Gasteiger partial charge in [-0.25, -0.2) is 0 Å². The van der Waals surface area contributed by atoms with E-state index in [9.17, 15) is 19.2 Å². The third-order valence-electron chi connectivity index (χ3n) is 6.55. The Morgan fingerprint density at radius 2 is 1.47 bits per heavy atom. The first-order valence-corrected chi connectivity index (χ1v) is 12.8. The maximum atomic E-state index is 13.5. The minimum absolute atomic E-state index is 0.188. The van der Waals surface area contributed by atoms with E-state index in [0.29, 0.717) is 13.0 Å². The van der Waals surface area contributed by atoms with Crippen molar-refractivity contribution in [3.63, 3.8) is 0 Å². The summed E-state index contributed by atoms with van der Waals surface area (Å²) in [4.78, 5) is 55.0. The lowest BCUT2D eigenvalue weighted by molar-refractivity contribution is -0.143. The first-order chi connectivity index (χ1) is 18.2. The molecule has 3 rings (SSSR count). The molecule has 3 atom stereocenters. The van der Waals surface area contributed by atoms with Crippen LogP contribution in [0.4, 0.5) is 0 Å². The lowest BCUT2D eigenvalue weighted by atomic mass is 10.0. The standard InChI is InChI=1S/C29H37N5O4/c1-20(2)26(32-27(36)21(3)30-4)28(37)31-18-25(35)34-16-15-33(19-23-13-9-6-10-14-23)29(38)24(34)17-22-11-7-5-8-12-22/h5-16,20-21,24,26,30H,17-19H2,1-4H3,(H,31,37)(H,32,36)/t21-,24-,26-/m0/s1. The molecule has 0 aliphatic carbocycles. The van der Waals surface area contributed by atoms with Crippen LogP contribution in [0, 0.1) is 5.92 Å². The summed E-state index contributed by atoms with van der Waals surface area (Å²) >= 11 is 0. The second kappa shape index (κ2) is 13.5. The highest BCUT2D eigenvalue weighted by molar-refractivity contribution is 5.94. The monoisotopic (exact) mass is 519 g/mol. The Kier molecular flexibility index (Phi) is 10.2. The van der Waals surface area contributed by atoms with Crippen molar-refractivity contribution < 1.29 is 19.2 Å². The molecule has 0 saturated carbocycles. The van der Waals surface area contributed by atoms with Crippen molar-refractivity contribution in [1.82, 2.24) is 25.8 Å². The van der Waals surface area contributed by atoms with Crippen LogP contribution in [0.5, 0.6) is 0 Å². The average Bonchev–Trinajstić information content (AvgIpc) is 2.92. The molecule has 1 heterocycles. The van der Waals surface area contributed by atoms with Crippen LogP contribution in [-0.4, -0.2) is 65.1 Å². The third-order valence-corrected chi connectivity index (χ3v) is 6.55. The largest absolute Gasteiger partial charge is 0.345 e. The van der Waals surface area contributed by atoms with E-state index in [1.807, 2.05) is 74.5 Å². The fourth-order valence-corrected chi connectivity index (χ4v) is 4.14. The quantitative estimate of drug-likeness (QED) is 0.419. The van der Waals surface area contributed by atoms with Crippen molar-refractivity contribution in [2.24, 2.45) is 5.92 Å². The highest BCUT2D eigenvalue weighted by Gasteiger charge is 2.35. The molecule has 2 aromatic rings. The van der Waals surface area contributed by atoms with Gasteiger partial charge in [-0.2, -0.15) is 0 Å². The zero-order valence-electron chi connectivity index (χ0n) is 22.4. The molecule has 0 radical (unpaired) electrons.